The lowest BCUT2D eigenvalue weighted by Gasteiger charge is -2.06. The van der Waals surface area contributed by atoms with Gasteiger partial charge >= 0.3 is 0 Å². The summed E-state index contributed by atoms with van der Waals surface area (Å²) in [7, 11) is 0. The Morgan fingerprint density at radius 3 is 2.65 bits per heavy atom. The van der Waals surface area contributed by atoms with Crippen LogP contribution >= 0.6 is 0 Å². The molecule has 0 radical (unpaired) electrons. The van der Waals surface area contributed by atoms with Crippen LogP contribution in [0.15, 0.2) is 42.5 Å². The van der Waals surface area contributed by atoms with Gasteiger partial charge in [0.1, 0.15) is 0 Å². The van der Waals surface area contributed by atoms with E-state index in [0.29, 0.717) is 6.42 Å². The van der Waals surface area contributed by atoms with Gasteiger partial charge in [0.05, 0.1) is 12.5 Å². The first kappa shape index (κ1) is 11.5. The summed E-state index contributed by atoms with van der Waals surface area (Å²) in [5.41, 5.74) is 3.73. The van der Waals surface area contributed by atoms with E-state index < -0.39 is 0 Å². The third-order valence-corrected chi connectivity index (χ3v) is 4.26. The van der Waals surface area contributed by atoms with Crippen LogP contribution in [-0.4, -0.2) is 4.57 Å². The number of hydrogen-bond donors (Lipinski definition) is 0. The van der Waals surface area contributed by atoms with E-state index in [2.05, 4.69) is 53.1 Å². The zero-order valence-electron chi connectivity index (χ0n) is 11.3. The summed E-state index contributed by atoms with van der Waals surface area (Å²) in [6.07, 6.45) is 3.21. The normalized spacial score (nSPS) is 14.8. The lowest BCUT2D eigenvalue weighted by Crippen LogP contribution is -1.98. The number of hydrogen-bond acceptors (Lipinski definition) is 1. The molecular weight excluding hydrogens is 244 g/mol. The summed E-state index contributed by atoms with van der Waals surface area (Å²) >= 11 is 0. The maximum absolute atomic E-state index is 8.88. The smallest absolute Gasteiger partial charge is 0.0669 e. The number of nitrogens with zero attached hydrogens (tertiary/aromatic N) is 2. The van der Waals surface area contributed by atoms with Crippen molar-refractivity contribution >= 4 is 21.8 Å². The molecule has 2 heteroatoms. The summed E-state index contributed by atoms with van der Waals surface area (Å²) in [5, 5.41) is 11.5. The van der Waals surface area contributed by atoms with Crippen LogP contribution in [0.2, 0.25) is 0 Å². The van der Waals surface area contributed by atoms with Crippen LogP contribution in [0.1, 0.15) is 18.4 Å². The monoisotopic (exact) mass is 260 g/mol. The van der Waals surface area contributed by atoms with Gasteiger partial charge in [-0.25, -0.2) is 0 Å². The molecule has 0 bridgehead atoms. The Morgan fingerprint density at radius 2 is 1.85 bits per heavy atom. The second-order valence-corrected chi connectivity index (χ2v) is 5.76. The van der Waals surface area contributed by atoms with Crippen LogP contribution in [0.4, 0.5) is 0 Å². The minimum absolute atomic E-state index is 0.484. The third-order valence-electron chi connectivity index (χ3n) is 4.26. The topological polar surface area (TPSA) is 28.7 Å². The molecule has 0 amide bonds. The van der Waals surface area contributed by atoms with E-state index in [-0.39, 0.29) is 0 Å². The molecule has 2 aromatic carbocycles. The van der Waals surface area contributed by atoms with E-state index >= 15 is 0 Å². The second-order valence-electron chi connectivity index (χ2n) is 5.76. The van der Waals surface area contributed by atoms with Crippen LogP contribution < -0.4 is 0 Å². The fraction of sp³-hybridized carbons (Fsp3) is 0.278. The Morgan fingerprint density at radius 1 is 1.05 bits per heavy atom. The molecule has 3 aromatic rings. The lowest BCUT2D eigenvalue weighted by molar-refractivity contribution is 0.664. The Balaban J connectivity index is 2.00. The van der Waals surface area contributed by atoms with Crippen molar-refractivity contribution in [3.63, 3.8) is 0 Å². The molecule has 0 N–H and O–H groups in total. The molecule has 1 aliphatic carbocycles. The third kappa shape index (κ3) is 1.78. The van der Waals surface area contributed by atoms with Crippen molar-refractivity contribution in [2.24, 2.45) is 5.92 Å². The summed E-state index contributed by atoms with van der Waals surface area (Å²) < 4.78 is 2.46. The quantitative estimate of drug-likeness (QED) is 0.691. The molecule has 2 nitrogen and oxygen atoms in total. The first-order valence-corrected chi connectivity index (χ1v) is 7.23. The molecule has 1 aromatic heterocycles. The highest BCUT2D eigenvalue weighted by molar-refractivity contribution is 6.08. The first-order chi connectivity index (χ1) is 9.86. The van der Waals surface area contributed by atoms with E-state index in [1.807, 2.05) is 0 Å². The zero-order chi connectivity index (χ0) is 13.5. The molecule has 1 fully saturated rings. The average molecular weight is 260 g/mol. The Bertz CT molecular complexity index is 832. The van der Waals surface area contributed by atoms with Crippen molar-refractivity contribution in [1.29, 1.82) is 5.26 Å². The largest absolute Gasteiger partial charge is 0.340 e. The molecule has 1 heterocycles. The molecule has 20 heavy (non-hydrogen) atoms. The van der Waals surface area contributed by atoms with Crippen molar-refractivity contribution in [3.8, 4) is 6.07 Å². The van der Waals surface area contributed by atoms with Gasteiger partial charge in [0.15, 0.2) is 0 Å². The van der Waals surface area contributed by atoms with E-state index in [9.17, 15) is 0 Å². The minimum atomic E-state index is 0.484. The molecule has 1 saturated carbocycles. The summed E-state index contributed by atoms with van der Waals surface area (Å²) in [5.74, 6) is 0.854. The number of para-hydroxylation sites is 1. The molecule has 0 atom stereocenters. The number of aromatic nitrogens is 1. The van der Waals surface area contributed by atoms with Gasteiger partial charge in [-0.2, -0.15) is 5.26 Å². The van der Waals surface area contributed by atoms with Crippen LogP contribution in [0.25, 0.3) is 21.8 Å². The highest BCUT2D eigenvalue weighted by atomic mass is 15.0. The lowest BCUT2D eigenvalue weighted by atomic mass is 10.1. The summed E-state index contributed by atoms with van der Waals surface area (Å²) in [6, 6.07) is 17.3. The molecule has 0 saturated heterocycles. The average Bonchev–Trinajstić information content (AvgIpc) is 3.24. The predicted molar refractivity (Wildman–Crippen MR) is 81.5 cm³/mol. The van der Waals surface area contributed by atoms with Crippen molar-refractivity contribution in [2.45, 2.75) is 25.8 Å². The minimum Gasteiger partial charge on any atom is -0.340 e. The number of nitriles is 1. The summed E-state index contributed by atoms with van der Waals surface area (Å²) in [4.78, 5) is 0. The fourth-order valence-electron chi connectivity index (χ4n) is 3.06. The van der Waals surface area contributed by atoms with Gasteiger partial charge in [0.25, 0.3) is 0 Å². The predicted octanol–water partition coefficient (Wildman–Crippen LogP) is 4.27. The van der Waals surface area contributed by atoms with Crippen molar-refractivity contribution in [3.05, 3.63) is 48.0 Å². The van der Waals surface area contributed by atoms with Crippen LogP contribution in [-0.2, 0) is 13.0 Å². The highest BCUT2D eigenvalue weighted by Gasteiger charge is 2.23. The Hall–Kier alpha value is -2.27. The zero-order valence-corrected chi connectivity index (χ0v) is 11.3. The van der Waals surface area contributed by atoms with E-state index in [1.54, 1.807) is 0 Å². The van der Waals surface area contributed by atoms with Crippen molar-refractivity contribution < 1.29 is 0 Å². The molecule has 0 spiro atoms. The van der Waals surface area contributed by atoms with Gasteiger partial charge < -0.3 is 4.57 Å². The van der Waals surface area contributed by atoms with E-state index in [4.69, 9.17) is 5.26 Å². The van der Waals surface area contributed by atoms with Gasteiger partial charge in [-0.3, -0.25) is 0 Å². The maximum Gasteiger partial charge on any atom is 0.0669 e. The number of fused-ring (bicyclic) bond motifs is 3. The van der Waals surface area contributed by atoms with Crippen molar-refractivity contribution in [1.82, 2.24) is 4.57 Å². The maximum atomic E-state index is 8.88. The van der Waals surface area contributed by atoms with Gasteiger partial charge in [0.2, 0.25) is 0 Å². The molecule has 0 unspecified atom stereocenters. The SMILES string of the molecule is N#CCc1ccc2c(c1)c1ccccc1n2CC1CC1. The van der Waals surface area contributed by atoms with Gasteiger partial charge in [-0.15, -0.1) is 0 Å². The molecule has 0 aliphatic heterocycles. The summed E-state index contributed by atoms with van der Waals surface area (Å²) in [6.45, 7) is 1.13. The van der Waals surface area contributed by atoms with Crippen molar-refractivity contribution in [2.75, 3.05) is 0 Å². The van der Waals surface area contributed by atoms with Gasteiger partial charge in [-0.05, 0) is 42.5 Å². The van der Waals surface area contributed by atoms with Gasteiger partial charge in [-0.1, -0.05) is 24.3 Å². The highest BCUT2D eigenvalue weighted by Crippen LogP contribution is 2.36. The number of rotatable bonds is 3. The van der Waals surface area contributed by atoms with Crippen LogP contribution in [0.5, 0.6) is 0 Å². The second kappa shape index (κ2) is 4.38. The van der Waals surface area contributed by atoms with Crippen LogP contribution in [0, 0.1) is 17.2 Å². The van der Waals surface area contributed by atoms with Gasteiger partial charge in [0, 0.05) is 28.4 Å². The number of benzene rings is 2. The standard InChI is InChI=1S/C18H16N2/c19-10-9-13-7-8-18-16(11-13)15-3-1-2-4-17(15)20(18)12-14-5-6-14/h1-4,7-8,11,14H,5-6,9,12H2. The fourth-order valence-corrected chi connectivity index (χ4v) is 3.06. The molecule has 98 valence electrons. The Labute approximate surface area is 118 Å². The van der Waals surface area contributed by atoms with Crippen LogP contribution in [0.3, 0.4) is 0 Å². The molecular formula is C18H16N2. The van der Waals surface area contributed by atoms with E-state index in [0.717, 1.165) is 18.0 Å². The first-order valence-electron chi connectivity index (χ1n) is 7.23. The molecule has 1 aliphatic rings. The molecule has 4 rings (SSSR count). The Kier molecular flexibility index (Phi) is 2.53. The van der Waals surface area contributed by atoms with E-state index in [1.165, 1.54) is 34.6 Å².